The molecular weight excluding hydrogens is 351 g/mol. The van der Waals surface area contributed by atoms with Gasteiger partial charge in [-0.15, -0.1) is 0 Å². The van der Waals surface area contributed by atoms with E-state index in [9.17, 15) is 4.39 Å². The predicted octanol–water partition coefficient (Wildman–Crippen LogP) is 2.55. The van der Waals surface area contributed by atoms with Crippen molar-refractivity contribution in [1.82, 2.24) is 15.0 Å². The minimum atomic E-state index is -0.297. The Hall–Kier alpha value is -2.84. The van der Waals surface area contributed by atoms with Gasteiger partial charge in [0.15, 0.2) is 11.8 Å². The molecule has 5 rings (SSSR count). The molecule has 3 atom stereocenters. The third kappa shape index (κ3) is 2.96. The number of ether oxygens (including phenoxy) is 3. The molecule has 2 aliphatic heterocycles. The molecule has 2 saturated heterocycles. The summed E-state index contributed by atoms with van der Waals surface area (Å²) in [4.78, 5) is 13.1. The number of benzene rings is 1. The molecule has 0 aliphatic carbocycles. The zero-order valence-electron chi connectivity index (χ0n) is 14.3. The predicted molar refractivity (Wildman–Crippen MR) is 95.4 cm³/mol. The number of pyridine rings is 1. The number of aromatic nitrogens is 3. The van der Waals surface area contributed by atoms with Crippen LogP contribution in [0.1, 0.15) is 6.42 Å². The highest BCUT2D eigenvalue weighted by atomic mass is 19.1. The first-order valence-corrected chi connectivity index (χ1v) is 8.77. The van der Waals surface area contributed by atoms with Crippen LogP contribution < -0.4 is 10.5 Å². The lowest BCUT2D eigenvalue weighted by molar-refractivity contribution is -0.0906. The van der Waals surface area contributed by atoms with E-state index in [2.05, 4.69) is 15.0 Å². The van der Waals surface area contributed by atoms with Crippen LogP contribution in [0, 0.1) is 11.7 Å². The van der Waals surface area contributed by atoms with Gasteiger partial charge in [0.05, 0.1) is 30.3 Å². The van der Waals surface area contributed by atoms with E-state index in [1.54, 1.807) is 18.2 Å². The number of nitrogens with zero attached hydrogens (tertiary/aromatic N) is 3. The molecule has 2 fully saturated rings. The number of nitrogens with two attached hydrogens (primary N) is 1. The fourth-order valence-electron chi connectivity index (χ4n) is 3.56. The Morgan fingerprint density at radius 2 is 1.89 bits per heavy atom. The summed E-state index contributed by atoms with van der Waals surface area (Å²) in [6, 6.07) is 9.76. The standard InChI is InChI=1S/C19H17FN4O3/c20-11-3-1-10(2-4-11)13-5-6-14-16(22-13)17(24-19(21)23-14)27-15-9-26-18-12(15)7-8-25-18/h1-6,12,15,18H,7-9H2,(H2,21,23,24). The van der Waals surface area contributed by atoms with Gasteiger partial charge in [0.2, 0.25) is 11.8 Å². The molecular formula is C19H17FN4O3. The molecule has 7 nitrogen and oxygen atoms in total. The van der Waals surface area contributed by atoms with E-state index >= 15 is 0 Å². The number of hydrogen-bond donors (Lipinski definition) is 1. The van der Waals surface area contributed by atoms with Crippen LogP contribution in [0.25, 0.3) is 22.3 Å². The van der Waals surface area contributed by atoms with Gasteiger partial charge in [0.1, 0.15) is 11.9 Å². The lowest BCUT2D eigenvalue weighted by Gasteiger charge is -2.17. The van der Waals surface area contributed by atoms with Gasteiger partial charge in [-0.1, -0.05) is 0 Å². The van der Waals surface area contributed by atoms with Crippen molar-refractivity contribution in [3.63, 3.8) is 0 Å². The van der Waals surface area contributed by atoms with E-state index in [1.165, 1.54) is 12.1 Å². The van der Waals surface area contributed by atoms with Crippen LogP contribution in [0.15, 0.2) is 36.4 Å². The molecule has 0 radical (unpaired) electrons. The fourth-order valence-corrected chi connectivity index (χ4v) is 3.56. The van der Waals surface area contributed by atoms with Crippen LogP contribution in [0.4, 0.5) is 10.3 Å². The van der Waals surface area contributed by atoms with E-state index in [-0.39, 0.29) is 30.1 Å². The maximum atomic E-state index is 13.2. The van der Waals surface area contributed by atoms with E-state index in [0.717, 1.165) is 12.0 Å². The second-order valence-corrected chi connectivity index (χ2v) is 6.64. The number of hydrogen-bond acceptors (Lipinski definition) is 7. The van der Waals surface area contributed by atoms with Crippen LogP contribution >= 0.6 is 0 Å². The summed E-state index contributed by atoms with van der Waals surface area (Å²) in [5.74, 6) is 0.306. The van der Waals surface area contributed by atoms with Crippen LogP contribution in [-0.2, 0) is 9.47 Å². The summed E-state index contributed by atoms with van der Waals surface area (Å²) >= 11 is 0. The number of halogens is 1. The van der Waals surface area contributed by atoms with Crippen molar-refractivity contribution < 1.29 is 18.6 Å². The molecule has 3 unspecified atom stereocenters. The van der Waals surface area contributed by atoms with Crippen molar-refractivity contribution in [3.05, 3.63) is 42.2 Å². The molecule has 27 heavy (non-hydrogen) atoms. The van der Waals surface area contributed by atoms with Gasteiger partial charge in [0.25, 0.3) is 0 Å². The Balaban J connectivity index is 1.54. The summed E-state index contributed by atoms with van der Waals surface area (Å²) in [5, 5.41) is 0. The summed E-state index contributed by atoms with van der Waals surface area (Å²) in [6.07, 6.45) is 0.483. The van der Waals surface area contributed by atoms with Gasteiger partial charge in [-0.25, -0.2) is 14.4 Å². The molecule has 0 saturated carbocycles. The quantitative estimate of drug-likeness (QED) is 0.759. The van der Waals surface area contributed by atoms with Crippen molar-refractivity contribution in [1.29, 1.82) is 0 Å². The second-order valence-electron chi connectivity index (χ2n) is 6.64. The molecule has 8 heteroatoms. The minimum Gasteiger partial charge on any atom is -0.470 e. The van der Waals surface area contributed by atoms with Crippen molar-refractivity contribution in [2.45, 2.75) is 18.8 Å². The van der Waals surface area contributed by atoms with E-state index in [1.807, 2.05) is 6.07 Å². The Bertz CT molecular complexity index is 998. The Morgan fingerprint density at radius 3 is 2.74 bits per heavy atom. The largest absolute Gasteiger partial charge is 0.470 e. The first kappa shape index (κ1) is 16.3. The van der Waals surface area contributed by atoms with E-state index in [0.29, 0.717) is 35.8 Å². The Labute approximate surface area is 154 Å². The smallest absolute Gasteiger partial charge is 0.245 e. The van der Waals surface area contributed by atoms with Crippen LogP contribution in [0.5, 0.6) is 5.88 Å². The third-order valence-electron chi connectivity index (χ3n) is 4.92. The number of anilines is 1. The summed E-state index contributed by atoms with van der Waals surface area (Å²) < 4.78 is 30.5. The van der Waals surface area contributed by atoms with Crippen molar-refractivity contribution in [2.75, 3.05) is 18.9 Å². The summed E-state index contributed by atoms with van der Waals surface area (Å²) in [5.41, 5.74) is 8.39. The Morgan fingerprint density at radius 1 is 1.04 bits per heavy atom. The first-order valence-electron chi connectivity index (χ1n) is 8.77. The van der Waals surface area contributed by atoms with Crippen LogP contribution in [-0.4, -0.2) is 40.6 Å². The number of fused-ring (bicyclic) bond motifs is 2. The zero-order chi connectivity index (χ0) is 18.4. The molecule has 0 spiro atoms. The normalized spacial score (nSPS) is 24.3. The average molecular weight is 368 g/mol. The second kappa shape index (κ2) is 6.40. The van der Waals surface area contributed by atoms with E-state index < -0.39 is 0 Å². The van der Waals surface area contributed by atoms with Gasteiger partial charge in [-0.2, -0.15) is 4.98 Å². The van der Waals surface area contributed by atoms with Gasteiger partial charge in [-0.3, -0.25) is 0 Å². The van der Waals surface area contributed by atoms with Gasteiger partial charge in [0, 0.05) is 5.56 Å². The molecule has 2 aromatic heterocycles. The molecule has 2 N–H and O–H groups in total. The molecule has 138 valence electrons. The highest BCUT2D eigenvalue weighted by Crippen LogP contribution is 2.35. The lowest BCUT2D eigenvalue weighted by Crippen LogP contribution is -2.26. The van der Waals surface area contributed by atoms with Gasteiger partial charge >= 0.3 is 0 Å². The number of nitrogen functional groups attached to an aromatic ring is 1. The highest BCUT2D eigenvalue weighted by Gasteiger charge is 2.43. The van der Waals surface area contributed by atoms with Gasteiger partial charge in [-0.05, 0) is 42.8 Å². The van der Waals surface area contributed by atoms with Crippen LogP contribution in [0.3, 0.4) is 0 Å². The summed E-state index contributed by atoms with van der Waals surface area (Å²) in [7, 11) is 0. The molecule has 1 aromatic carbocycles. The zero-order valence-corrected chi connectivity index (χ0v) is 14.3. The monoisotopic (exact) mass is 368 g/mol. The highest BCUT2D eigenvalue weighted by molar-refractivity contribution is 5.83. The lowest BCUT2D eigenvalue weighted by atomic mass is 10.0. The average Bonchev–Trinajstić information content (AvgIpc) is 3.27. The SMILES string of the molecule is Nc1nc(OC2COC3OCCC23)c2nc(-c3ccc(F)cc3)ccc2n1. The van der Waals surface area contributed by atoms with Gasteiger partial charge < -0.3 is 19.9 Å². The molecule has 0 bridgehead atoms. The maximum absolute atomic E-state index is 13.2. The molecule has 0 amide bonds. The third-order valence-corrected chi connectivity index (χ3v) is 4.92. The minimum absolute atomic E-state index is 0.118. The topological polar surface area (TPSA) is 92.4 Å². The summed E-state index contributed by atoms with van der Waals surface area (Å²) in [6.45, 7) is 1.09. The maximum Gasteiger partial charge on any atom is 0.245 e. The van der Waals surface area contributed by atoms with Crippen LogP contribution in [0.2, 0.25) is 0 Å². The molecule has 2 aliphatic rings. The number of rotatable bonds is 3. The molecule has 4 heterocycles. The van der Waals surface area contributed by atoms with Crippen molar-refractivity contribution in [3.8, 4) is 17.1 Å². The van der Waals surface area contributed by atoms with Crippen molar-refractivity contribution in [2.24, 2.45) is 5.92 Å². The fraction of sp³-hybridized carbons (Fsp3) is 0.316. The van der Waals surface area contributed by atoms with Crippen molar-refractivity contribution >= 4 is 17.0 Å². The molecule has 3 aromatic rings. The first-order chi connectivity index (χ1) is 13.2. The Kier molecular flexibility index (Phi) is 3.87. The van der Waals surface area contributed by atoms with E-state index in [4.69, 9.17) is 19.9 Å².